The number of rotatable bonds is 5. The summed E-state index contributed by atoms with van der Waals surface area (Å²) in [6.07, 6.45) is 3.16. The highest BCUT2D eigenvalue weighted by atomic mass is 16.5. The zero-order chi connectivity index (χ0) is 22.9. The molecule has 1 unspecified atom stereocenters. The third-order valence-corrected chi connectivity index (χ3v) is 6.54. The Kier molecular flexibility index (Phi) is 6.10. The number of aliphatic imine (C=N–C) groups is 1. The summed E-state index contributed by atoms with van der Waals surface area (Å²) in [5, 5.41) is 0. The highest BCUT2D eigenvalue weighted by Gasteiger charge is 2.35. The zero-order valence-corrected chi connectivity index (χ0v) is 20.1. The van der Waals surface area contributed by atoms with Crippen LogP contribution in [-0.4, -0.2) is 18.3 Å². The lowest BCUT2D eigenvalue weighted by atomic mass is 9.79. The molecule has 32 heavy (non-hydrogen) atoms. The van der Waals surface area contributed by atoms with Crippen LogP contribution in [-0.2, 0) is 0 Å². The monoisotopic (exact) mass is 426 g/mol. The molecule has 0 spiro atoms. The van der Waals surface area contributed by atoms with Gasteiger partial charge in [0.05, 0.1) is 5.69 Å². The van der Waals surface area contributed by atoms with Gasteiger partial charge >= 0.3 is 0 Å². The van der Waals surface area contributed by atoms with E-state index in [9.17, 15) is 0 Å². The number of hydrogen-bond acceptors (Lipinski definition) is 3. The van der Waals surface area contributed by atoms with Crippen molar-refractivity contribution >= 4 is 17.6 Å². The predicted molar refractivity (Wildman–Crippen MR) is 136 cm³/mol. The van der Waals surface area contributed by atoms with Gasteiger partial charge in [0, 0.05) is 24.0 Å². The Balaban J connectivity index is 1.53. The van der Waals surface area contributed by atoms with Crippen molar-refractivity contribution < 1.29 is 4.74 Å². The first-order chi connectivity index (χ1) is 15.3. The van der Waals surface area contributed by atoms with Crippen LogP contribution in [0.2, 0.25) is 0 Å². The van der Waals surface area contributed by atoms with E-state index in [0.29, 0.717) is 5.92 Å². The van der Waals surface area contributed by atoms with Crippen molar-refractivity contribution in [3.8, 4) is 11.5 Å². The fourth-order valence-electron chi connectivity index (χ4n) is 4.88. The summed E-state index contributed by atoms with van der Waals surface area (Å²) in [7, 11) is 0. The van der Waals surface area contributed by atoms with E-state index >= 15 is 0 Å². The lowest BCUT2D eigenvalue weighted by Gasteiger charge is -2.47. The first-order valence-electron chi connectivity index (χ1n) is 11.6. The molecule has 1 heterocycles. The summed E-state index contributed by atoms with van der Waals surface area (Å²) in [6.45, 7) is 14.6. The molecular formula is C29H34N2O. The Labute approximate surface area is 192 Å². The van der Waals surface area contributed by atoms with Crippen LogP contribution in [0.5, 0.6) is 11.5 Å². The average molecular weight is 427 g/mol. The molecule has 3 heteroatoms. The second-order valence-corrected chi connectivity index (χ2v) is 9.60. The van der Waals surface area contributed by atoms with E-state index < -0.39 is 0 Å². The molecule has 4 rings (SSSR count). The van der Waals surface area contributed by atoms with Crippen molar-refractivity contribution in [1.29, 1.82) is 0 Å². The molecule has 0 aliphatic carbocycles. The van der Waals surface area contributed by atoms with Crippen LogP contribution in [0.1, 0.15) is 62.3 Å². The van der Waals surface area contributed by atoms with Crippen molar-refractivity contribution in [3.05, 3.63) is 82.9 Å². The molecule has 1 atom stereocenters. The second-order valence-electron chi connectivity index (χ2n) is 9.60. The Morgan fingerprint density at radius 2 is 1.62 bits per heavy atom. The number of ether oxygens (including phenoxy) is 1. The Bertz CT molecular complexity index is 1110. The van der Waals surface area contributed by atoms with E-state index in [1.807, 2.05) is 42.6 Å². The van der Waals surface area contributed by atoms with Gasteiger partial charge in [0.15, 0.2) is 0 Å². The van der Waals surface area contributed by atoms with Gasteiger partial charge in [0.25, 0.3) is 0 Å². The van der Waals surface area contributed by atoms with Crippen molar-refractivity contribution in [2.24, 2.45) is 4.99 Å². The van der Waals surface area contributed by atoms with Gasteiger partial charge in [-0.25, -0.2) is 0 Å². The Morgan fingerprint density at radius 1 is 1.00 bits per heavy atom. The summed E-state index contributed by atoms with van der Waals surface area (Å²) in [5.41, 5.74) is 7.58. The van der Waals surface area contributed by atoms with Crippen LogP contribution in [0.3, 0.4) is 0 Å². The fraction of sp³-hybridized carbons (Fsp3) is 0.345. The van der Waals surface area contributed by atoms with Gasteiger partial charge in [-0.1, -0.05) is 24.6 Å². The zero-order valence-electron chi connectivity index (χ0n) is 20.1. The fourth-order valence-corrected chi connectivity index (χ4v) is 4.88. The number of aryl methyl sites for hydroxylation is 2. The molecular weight excluding hydrogens is 392 g/mol. The summed E-state index contributed by atoms with van der Waals surface area (Å²) in [4.78, 5) is 7.29. The maximum Gasteiger partial charge on any atom is 0.127 e. The molecule has 0 bridgehead atoms. The number of benzene rings is 3. The first-order valence-corrected chi connectivity index (χ1v) is 11.6. The van der Waals surface area contributed by atoms with E-state index in [0.717, 1.165) is 30.2 Å². The normalized spacial score (nSPS) is 17.4. The molecule has 0 fully saturated rings. The molecule has 0 N–H and O–H groups in total. The Morgan fingerprint density at radius 3 is 2.25 bits per heavy atom. The molecule has 0 saturated carbocycles. The quantitative estimate of drug-likeness (QED) is 0.387. The van der Waals surface area contributed by atoms with E-state index in [1.54, 1.807) is 0 Å². The molecule has 3 nitrogen and oxygen atoms in total. The van der Waals surface area contributed by atoms with Gasteiger partial charge in [-0.15, -0.1) is 0 Å². The minimum atomic E-state index is 0.186. The molecule has 0 aromatic heterocycles. The smallest absolute Gasteiger partial charge is 0.127 e. The summed E-state index contributed by atoms with van der Waals surface area (Å²) in [5.74, 6) is 2.19. The molecule has 1 aliphatic rings. The minimum absolute atomic E-state index is 0.186. The molecule has 3 aromatic carbocycles. The highest BCUT2D eigenvalue weighted by molar-refractivity contribution is 5.86. The largest absolute Gasteiger partial charge is 0.457 e. The lowest BCUT2D eigenvalue weighted by Crippen LogP contribution is -2.48. The van der Waals surface area contributed by atoms with Gasteiger partial charge in [-0.05, 0) is 112 Å². The van der Waals surface area contributed by atoms with Crippen molar-refractivity contribution in [3.63, 3.8) is 0 Å². The van der Waals surface area contributed by atoms with Crippen LogP contribution in [0.4, 0.5) is 11.4 Å². The minimum Gasteiger partial charge on any atom is -0.457 e. The first kappa shape index (κ1) is 22.1. The van der Waals surface area contributed by atoms with Crippen molar-refractivity contribution in [2.45, 2.75) is 59.4 Å². The topological polar surface area (TPSA) is 24.8 Å². The lowest BCUT2D eigenvalue weighted by molar-refractivity contribution is 0.381. The van der Waals surface area contributed by atoms with Crippen LogP contribution in [0, 0.1) is 13.8 Å². The average Bonchev–Trinajstić information content (AvgIpc) is 2.75. The summed E-state index contributed by atoms with van der Waals surface area (Å²) in [6, 6.07) is 20.7. The molecule has 166 valence electrons. The third kappa shape index (κ3) is 4.57. The number of fused-ring (bicyclic) bond motifs is 1. The third-order valence-electron chi connectivity index (χ3n) is 6.54. The second kappa shape index (κ2) is 8.82. The van der Waals surface area contributed by atoms with E-state index in [2.05, 4.69) is 70.7 Å². The maximum absolute atomic E-state index is 5.93. The maximum atomic E-state index is 5.93. The van der Waals surface area contributed by atoms with Crippen LogP contribution < -0.4 is 9.64 Å². The molecule has 0 radical (unpaired) electrons. The standard InChI is InChI=1S/C29H34N2O/c1-7-31-28-16-21(3)23(17-27(28)22(4)18-29(31,5)6)19-30-24-10-14-26(15-11-24)32-25-12-8-20(2)9-13-25/h8-17,19,22H,7,18H2,1-6H3. The predicted octanol–water partition coefficient (Wildman–Crippen LogP) is 7.96. The molecule has 3 aromatic rings. The van der Waals surface area contributed by atoms with Crippen LogP contribution in [0.15, 0.2) is 65.7 Å². The molecule has 0 saturated heterocycles. The number of nitrogens with zero attached hydrogens (tertiary/aromatic N) is 2. The molecule has 0 amide bonds. The van der Waals surface area contributed by atoms with E-state index in [4.69, 9.17) is 9.73 Å². The number of hydrogen-bond donors (Lipinski definition) is 0. The highest BCUT2D eigenvalue weighted by Crippen LogP contribution is 2.44. The molecule has 1 aliphatic heterocycles. The van der Waals surface area contributed by atoms with E-state index in [-0.39, 0.29) is 5.54 Å². The van der Waals surface area contributed by atoms with Gasteiger partial charge in [-0.3, -0.25) is 4.99 Å². The van der Waals surface area contributed by atoms with Gasteiger partial charge < -0.3 is 9.64 Å². The van der Waals surface area contributed by atoms with Crippen molar-refractivity contribution in [1.82, 2.24) is 0 Å². The number of anilines is 1. The van der Waals surface area contributed by atoms with E-state index in [1.165, 1.54) is 27.9 Å². The van der Waals surface area contributed by atoms with Gasteiger partial charge in [-0.2, -0.15) is 0 Å². The van der Waals surface area contributed by atoms with Gasteiger partial charge in [0.1, 0.15) is 11.5 Å². The SMILES string of the molecule is CCN1c2cc(C)c(C=Nc3ccc(Oc4ccc(C)cc4)cc3)cc2C(C)CC1(C)C. The summed E-state index contributed by atoms with van der Waals surface area (Å²) >= 11 is 0. The van der Waals surface area contributed by atoms with Crippen molar-refractivity contribution in [2.75, 3.05) is 11.4 Å². The summed E-state index contributed by atoms with van der Waals surface area (Å²) < 4.78 is 5.93. The Hall–Kier alpha value is -3.07. The van der Waals surface area contributed by atoms with Gasteiger partial charge in [0.2, 0.25) is 0 Å². The van der Waals surface area contributed by atoms with Crippen LogP contribution >= 0.6 is 0 Å². The van der Waals surface area contributed by atoms with Crippen LogP contribution in [0.25, 0.3) is 0 Å².